The van der Waals surface area contributed by atoms with E-state index in [4.69, 9.17) is 17.3 Å². The number of pyridine rings is 2. The molecule has 0 aliphatic carbocycles. The van der Waals surface area contributed by atoms with Crippen molar-refractivity contribution in [2.75, 3.05) is 5.73 Å². The highest BCUT2D eigenvalue weighted by molar-refractivity contribution is 9.10. The van der Waals surface area contributed by atoms with Gasteiger partial charge in [0.05, 0.1) is 17.3 Å². The van der Waals surface area contributed by atoms with Gasteiger partial charge in [-0.1, -0.05) is 11.6 Å². The topological polar surface area (TPSA) is 60.9 Å². The molecule has 2 aromatic rings. The summed E-state index contributed by atoms with van der Waals surface area (Å²) in [6.07, 6.45) is 1.70. The molecule has 0 aliphatic rings. The third kappa shape index (κ3) is 2.73. The van der Waals surface area contributed by atoms with Crippen LogP contribution >= 0.6 is 27.5 Å². The molecule has 0 saturated heterocycles. The molecule has 2 aromatic heterocycles. The summed E-state index contributed by atoms with van der Waals surface area (Å²) in [5.74, 6) is 0.383. The van der Waals surface area contributed by atoms with E-state index in [0.717, 1.165) is 4.47 Å². The van der Waals surface area contributed by atoms with Crippen LogP contribution in [0.3, 0.4) is 0 Å². The first-order chi connectivity index (χ1) is 8.47. The second-order valence-electron chi connectivity index (χ2n) is 3.94. The molecule has 94 valence electrons. The highest BCUT2D eigenvalue weighted by atomic mass is 79.9. The largest absolute Gasteiger partial charge is 0.384 e. The van der Waals surface area contributed by atoms with Gasteiger partial charge in [-0.2, -0.15) is 0 Å². The van der Waals surface area contributed by atoms with Crippen molar-refractivity contribution in [3.05, 3.63) is 55.5 Å². The van der Waals surface area contributed by atoms with E-state index in [0.29, 0.717) is 28.6 Å². The molecule has 2 N–H and O–H groups in total. The van der Waals surface area contributed by atoms with E-state index in [1.54, 1.807) is 35.9 Å². The van der Waals surface area contributed by atoms with E-state index in [1.807, 2.05) is 0 Å². The van der Waals surface area contributed by atoms with Gasteiger partial charge in [-0.05, 0) is 41.1 Å². The summed E-state index contributed by atoms with van der Waals surface area (Å²) in [6, 6.07) is 5.07. The van der Waals surface area contributed by atoms with Crippen molar-refractivity contribution in [3.8, 4) is 0 Å². The van der Waals surface area contributed by atoms with Gasteiger partial charge < -0.3 is 10.3 Å². The minimum Gasteiger partial charge on any atom is -0.384 e. The predicted octanol–water partition coefficient (Wildman–Crippen LogP) is 2.60. The highest BCUT2D eigenvalue weighted by Crippen LogP contribution is 2.17. The predicted molar refractivity (Wildman–Crippen MR) is 75.9 cm³/mol. The number of rotatable bonds is 2. The van der Waals surface area contributed by atoms with Gasteiger partial charge in [0.25, 0.3) is 5.56 Å². The van der Waals surface area contributed by atoms with Crippen LogP contribution in [-0.2, 0) is 6.54 Å². The van der Waals surface area contributed by atoms with Crippen LogP contribution in [0.15, 0.2) is 33.7 Å². The molecule has 0 atom stereocenters. The Morgan fingerprint density at radius 3 is 2.94 bits per heavy atom. The lowest BCUT2D eigenvalue weighted by atomic mass is 10.3. The van der Waals surface area contributed by atoms with Gasteiger partial charge in [-0.25, -0.2) is 4.98 Å². The standard InChI is InChI=1S/C12H11BrClN3O/c1-7-4-8(13)5-17(12(7)18)6-10-9(14)2-3-11(15)16-10/h2-5H,6H2,1H3,(H2,15,16). The maximum absolute atomic E-state index is 12.0. The minimum atomic E-state index is -0.0708. The zero-order valence-corrected chi connectivity index (χ0v) is 12.0. The molecule has 0 aromatic carbocycles. The lowest BCUT2D eigenvalue weighted by Crippen LogP contribution is -2.22. The summed E-state index contributed by atoms with van der Waals surface area (Å²) in [5.41, 5.74) is 6.78. The van der Waals surface area contributed by atoms with Crippen molar-refractivity contribution in [1.29, 1.82) is 0 Å². The summed E-state index contributed by atoms with van der Waals surface area (Å²) in [7, 11) is 0. The number of nitrogen functional groups attached to an aromatic ring is 1. The maximum atomic E-state index is 12.0. The van der Waals surface area contributed by atoms with Crippen molar-refractivity contribution in [1.82, 2.24) is 9.55 Å². The Balaban J connectivity index is 2.46. The SMILES string of the molecule is Cc1cc(Br)cn(Cc2nc(N)ccc2Cl)c1=O. The summed E-state index contributed by atoms with van der Waals surface area (Å²) >= 11 is 9.39. The lowest BCUT2D eigenvalue weighted by molar-refractivity contribution is 0.732. The molecule has 0 fully saturated rings. The van der Waals surface area contributed by atoms with Crippen molar-refractivity contribution in [3.63, 3.8) is 0 Å². The number of aromatic nitrogens is 2. The first-order valence-electron chi connectivity index (χ1n) is 5.25. The monoisotopic (exact) mass is 327 g/mol. The van der Waals surface area contributed by atoms with Gasteiger partial charge in [0, 0.05) is 16.2 Å². The van der Waals surface area contributed by atoms with Crippen LogP contribution in [-0.4, -0.2) is 9.55 Å². The van der Waals surface area contributed by atoms with Crippen molar-refractivity contribution < 1.29 is 0 Å². The van der Waals surface area contributed by atoms with Crippen LogP contribution in [0.4, 0.5) is 5.82 Å². The number of aryl methyl sites for hydroxylation is 1. The highest BCUT2D eigenvalue weighted by Gasteiger charge is 2.07. The first kappa shape index (κ1) is 13.1. The second kappa shape index (κ2) is 5.12. The Labute approximate surface area is 118 Å². The van der Waals surface area contributed by atoms with Crippen LogP contribution < -0.4 is 11.3 Å². The first-order valence-corrected chi connectivity index (χ1v) is 6.42. The van der Waals surface area contributed by atoms with Crippen LogP contribution in [0.5, 0.6) is 0 Å². The zero-order valence-electron chi connectivity index (χ0n) is 9.65. The third-order valence-corrected chi connectivity index (χ3v) is 3.27. The maximum Gasteiger partial charge on any atom is 0.253 e. The number of nitrogens with zero attached hydrogens (tertiary/aromatic N) is 2. The van der Waals surface area contributed by atoms with E-state index in [1.165, 1.54) is 0 Å². The number of hydrogen-bond donors (Lipinski definition) is 1. The minimum absolute atomic E-state index is 0.0708. The van der Waals surface area contributed by atoms with Crippen LogP contribution in [0.25, 0.3) is 0 Å². The average molecular weight is 329 g/mol. The Kier molecular flexibility index (Phi) is 3.73. The molecule has 0 saturated carbocycles. The van der Waals surface area contributed by atoms with E-state index in [2.05, 4.69) is 20.9 Å². The van der Waals surface area contributed by atoms with Crippen molar-refractivity contribution in [2.24, 2.45) is 0 Å². The Hall–Kier alpha value is -1.33. The molecular formula is C12H11BrClN3O. The normalized spacial score (nSPS) is 10.6. The molecule has 18 heavy (non-hydrogen) atoms. The fourth-order valence-corrected chi connectivity index (χ4v) is 2.39. The molecule has 0 bridgehead atoms. The van der Waals surface area contributed by atoms with Gasteiger partial charge >= 0.3 is 0 Å². The molecule has 6 heteroatoms. The molecule has 0 amide bonds. The number of halogens is 2. The van der Waals surface area contributed by atoms with Crippen LogP contribution in [0.1, 0.15) is 11.3 Å². The van der Waals surface area contributed by atoms with Gasteiger partial charge in [-0.3, -0.25) is 4.79 Å². The Morgan fingerprint density at radius 1 is 1.50 bits per heavy atom. The molecule has 2 heterocycles. The molecular weight excluding hydrogens is 318 g/mol. The van der Waals surface area contributed by atoms with E-state index in [-0.39, 0.29) is 5.56 Å². The Bertz CT molecular complexity index is 654. The van der Waals surface area contributed by atoms with Gasteiger partial charge in [-0.15, -0.1) is 0 Å². The third-order valence-electron chi connectivity index (χ3n) is 2.49. The second-order valence-corrected chi connectivity index (χ2v) is 5.26. The van der Waals surface area contributed by atoms with Crippen molar-refractivity contribution in [2.45, 2.75) is 13.5 Å². The summed E-state index contributed by atoms with van der Waals surface area (Å²) in [5, 5.41) is 0.494. The van der Waals surface area contributed by atoms with Gasteiger partial charge in [0.1, 0.15) is 5.82 Å². The molecule has 0 radical (unpaired) electrons. The van der Waals surface area contributed by atoms with Gasteiger partial charge in [0.15, 0.2) is 0 Å². The smallest absolute Gasteiger partial charge is 0.253 e. The summed E-state index contributed by atoms with van der Waals surface area (Å²) in [4.78, 5) is 16.1. The van der Waals surface area contributed by atoms with Gasteiger partial charge in [0.2, 0.25) is 0 Å². The van der Waals surface area contributed by atoms with E-state index < -0.39 is 0 Å². The number of nitrogens with two attached hydrogens (primary N) is 1. The fraction of sp³-hybridized carbons (Fsp3) is 0.167. The lowest BCUT2D eigenvalue weighted by Gasteiger charge is -2.09. The summed E-state index contributed by atoms with van der Waals surface area (Å²) < 4.78 is 2.38. The Morgan fingerprint density at radius 2 is 2.22 bits per heavy atom. The van der Waals surface area contributed by atoms with Crippen molar-refractivity contribution >= 4 is 33.3 Å². The van der Waals surface area contributed by atoms with E-state index in [9.17, 15) is 4.79 Å². The molecule has 0 unspecified atom stereocenters. The van der Waals surface area contributed by atoms with Crippen LogP contribution in [0, 0.1) is 6.92 Å². The zero-order chi connectivity index (χ0) is 13.3. The quantitative estimate of drug-likeness (QED) is 0.922. The van der Waals surface area contributed by atoms with E-state index >= 15 is 0 Å². The molecule has 0 spiro atoms. The molecule has 2 rings (SSSR count). The molecule has 4 nitrogen and oxygen atoms in total. The summed E-state index contributed by atoms with van der Waals surface area (Å²) in [6.45, 7) is 2.06. The van der Waals surface area contributed by atoms with Crippen LogP contribution in [0.2, 0.25) is 5.02 Å². The number of anilines is 1. The molecule has 0 aliphatic heterocycles. The number of hydrogen-bond acceptors (Lipinski definition) is 3. The fourth-order valence-electron chi connectivity index (χ4n) is 1.63. The average Bonchev–Trinajstić information content (AvgIpc) is 2.30.